The molecule has 1 aromatic carbocycles. The summed E-state index contributed by atoms with van der Waals surface area (Å²) in [4.78, 5) is 22.8. The molecule has 124 valence electrons. The Labute approximate surface area is 134 Å². The number of halogens is 1. The first-order valence-electron chi connectivity index (χ1n) is 7.28. The summed E-state index contributed by atoms with van der Waals surface area (Å²) in [5, 5.41) is 12.0. The number of Topliss-reactive ketones (excluding diaryl/α,β-unsaturated/α-hetero) is 1. The van der Waals surface area contributed by atoms with E-state index in [0.29, 0.717) is 0 Å². The topological polar surface area (TPSA) is 71.3 Å². The van der Waals surface area contributed by atoms with Gasteiger partial charge < -0.3 is 15.0 Å². The molecule has 0 saturated heterocycles. The number of hydrogen-bond donors (Lipinski definition) is 2. The molecular formula is C17H21FN2O3. The van der Waals surface area contributed by atoms with E-state index in [4.69, 9.17) is 0 Å². The highest BCUT2D eigenvalue weighted by molar-refractivity contribution is 6.01. The van der Waals surface area contributed by atoms with Crippen molar-refractivity contribution in [3.05, 3.63) is 46.9 Å². The Kier molecular flexibility index (Phi) is 6.07. The number of aryl methyl sites for hydroxylation is 1. The molecule has 23 heavy (non-hydrogen) atoms. The maximum absolute atomic E-state index is 13.9. The fourth-order valence-corrected chi connectivity index (χ4v) is 2.10. The number of benzene rings is 1. The van der Waals surface area contributed by atoms with E-state index < -0.39 is 11.8 Å². The Bertz CT molecular complexity index is 736. The average molecular weight is 320 g/mol. The van der Waals surface area contributed by atoms with Gasteiger partial charge in [-0.2, -0.15) is 0 Å². The predicted molar refractivity (Wildman–Crippen MR) is 88.1 cm³/mol. The highest BCUT2D eigenvalue weighted by Gasteiger charge is 2.21. The Morgan fingerprint density at radius 3 is 2.30 bits per heavy atom. The van der Waals surface area contributed by atoms with Crippen LogP contribution in [0.2, 0.25) is 0 Å². The van der Waals surface area contributed by atoms with Gasteiger partial charge in [-0.3, -0.25) is 4.79 Å². The van der Waals surface area contributed by atoms with Crippen LogP contribution >= 0.6 is 0 Å². The van der Waals surface area contributed by atoms with Gasteiger partial charge in [0.15, 0.2) is 5.78 Å². The summed E-state index contributed by atoms with van der Waals surface area (Å²) in [7, 11) is 1.55. The first-order chi connectivity index (χ1) is 10.8. The number of carboxylic acid groups (broad SMARTS) is 1. The number of carbonyl (C=O) groups is 2. The van der Waals surface area contributed by atoms with Crippen molar-refractivity contribution in [1.82, 2.24) is 4.57 Å². The molecule has 0 aliphatic rings. The van der Waals surface area contributed by atoms with Crippen LogP contribution in [-0.2, 0) is 7.05 Å². The highest BCUT2D eigenvalue weighted by Crippen LogP contribution is 2.26. The largest absolute Gasteiger partial charge is 0.478 e. The van der Waals surface area contributed by atoms with Crippen LogP contribution in [0.5, 0.6) is 0 Å². The van der Waals surface area contributed by atoms with E-state index >= 15 is 0 Å². The molecule has 0 saturated carbocycles. The van der Waals surface area contributed by atoms with E-state index in [2.05, 4.69) is 5.32 Å². The van der Waals surface area contributed by atoms with Gasteiger partial charge in [0.1, 0.15) is 17.2 Å². The van der Waals surface area contributed by atoms with Crippen LogP contribution in [0, 0.1) is 12.7 Å². The summed E-state index contributed by atoms with van der Waals surface area (Å²) in [5.74, 6) is -1.78. The number of aromatic nitrogens is 1. The fourth-order valence-electron chi connectivity index (χ4n) is 2.10. The molecule has 0 unspecified atom stereocenters. The third-order valence-corrected chi connectivity index (χ3v) is 3.20. The number of nitrogens with one attached hydrogen (secondary N) is 1. The first-order valence-corrected chi connectivity index (χ1v) is 7.28. The number of carboxylic acids is 1. The van der Waals surface area contributed by atoms with Crippen LogP contribution in [0.1, 0.15) is 47.2 Å². The van der Waals surface area contributed by atoms with Crippen LogP contribution in [-0.4, -0.2) is 21.4 Å². The van der Waals surface area contributed by atoms with E-state index in [-0.39, 0.29) is 28.5 Å². The summed E-state index contributed by atoms with van der Waals surface area (Å²) in [5.41, 5.74) is 1.07. The molecule has 2 rings (SSSR count). The fraction of sp³-hybridized carbons (Fsp3) is 0.294. The summed E-state index contributed by atoms with van der Waals surface area (Å²) >= 11 is 0. The Morgan fingerprint density at radius 2 is 1.83 bits per heavy atom. The lowest BCUT2D eigenvalue weighted by molar-refractivity contribution is 0.0698. The quantitative estimate of drug-likeness (QED) is 0.830. The molecule has 0 atom stereocenters. The highest BCUT2D eigenvalue weighted by atomic mass is 19.1. The number of aromatic carboxylic acids is 1. The summed E-state index contributed by atoms with van der Waals surface area (Å²) in [6.07, 6.45) is 0. The van der Waals surface area contributed by atoms with Gasteiger partial charge in [-0.25, -0.2) is 9.18 Å². The van der Waals surface area contributed by atoms with Gasteiger partial charge in [-0.05, 0) is 30.7 Å². The Morgan fingerprint density at radius 1 is 1.22 bits per heavy atom. The second kappa shape index (κ2) is 7.58. The normalized spacial score (nSPS) is 9.83. The van der Waals surface area contributed by atoms with E-state index in [1.54, 1.807) is 20.0 Å². The van der Waals surface area contributed by atoms with Crippen molar-refractivity contribution in [3.63, 3.8) is 0 Å². The molecular weight excluding hydrogens is 299 g/mol. The second-order valence-electron chi connectivity index (χ2n) is 4.82. The van der Waals surface area contributed by atoms with E-state index in [1.807, 2.05) is 13.8 Å². The lowest BCUT2D eigenvalue weighted by Gasteiger charge is -2.11. The number of rotatable bonds is 4. The Balaban J connectivity index is 0.00000127. The number of anilines is 2. The molecule has 0 radical (unpaired) electrons. The van der Waals surface area contributed by atoms with Gasteiger partial charge in [-0.1, -0.05) is 19.9 Å². The summed E-state index contributed by atoms with van der Waals surface area (Å²) < 4.78 is 15.3. The van der Waals surface area contributed by atoms with E-state index in [1.165, 1.54) is 29.7 Å². The van der Waals surface area contributed by atoms with Crippen LogP contribution in [0.4, 0.5) is 15.9 Å². The van der Waals surface area contributed by atoms with Crippen LogP contribution < -0.4 is 5.32 Å². The summed E-state index contributed by atoms with van der Waals surface area (Å²) in [6, 6.07) is 5.86. The van der Waals surface area contributed by atoms with Crippen molar-refractivity contribution in [2.75, 3.05) is 5.32 Å². The van der Waals surface area contributed by atoms with Gasteiger partial charge in [0.25, 0.3) is 0 Å². The first kappa shape index (κ1) is 18.4. The van der Waals surface area contributed by atoms with Gasteiger partial charge in [0.2, 0.25) is 0 Å². The van der Waals surface area contributed by atoms with Crippen LogP contribution in [0.25, 0.3) is 0 Å². The molecule has 0 aliphatic heterocycles. The number of carbonyl (C=O) groups excluding carboxylic acids is 1. The smallest absolute Gasteiger partial charge is 0.339 e. The zero-order valence-corrected chi connectivity index (χ0v) is 13.9. The van der Waals surface area contributed by atoms with E-state index in [0.717, 1.165) is 5.56 Å². The lowest BCUT2D eigenvalue weighted by atomic mass is 10.2. The van der Waals surface area contributed by atoms with Crippen molar-refractivity contribution in [2.45, 2.75) is 27.7 Å². The molecule has 1 aromatic heterocycles. The number of nitrogens with zero attached hydrogens (tertiary/aromatic N) is 1. The third-order valence-electron chi connectivity index (χ3n) is 3.20. The van der Waals surface area contributed by atoms with Crippen LogP contribution in [0.15, 0.2) is 24.3 Å². The zero-order chi connectivity index (χ0) is 17.7. The SMILES string of the molecule is CC.CC(=O)c1cc(C(=O)O)c(Nc2ccc(C)cc2F)n1C. The van der Waals surface area contributed by atoms with Gasteiger partial charge >= 0.3 is 5.97 Å². The molecule has 2 N–H and O–H groups in total. The Hall–Kier alpha value is -2.63. The molecule has 0 spiro atoms. The zero-order valence-electron chi connectivity index (χ0n) is 13.9. The number of hydrogen-bond acceptors (Lipinski definition) is 3. The molecule has 1 heterocycles. The number of ketones is 1. The predicted octanol–water partition coefficient (Wildman–Crippen LogP) is 4.14. The van der Waals surface area contributed by atoms with Gasteiger partial charge in [0, 0.05) is 14.0 Å². The second-order valence-corrected chi connectivity index (χ2v) is 4.82. The minimum absolute atomic E-state index is 0.0809. The molecule has 2 aromatic rings. The average Bonchev–Trinajstić information content (AvgIpc) is 2.81. The van der Waals surface area contributed by atoms with Crippen molar-refractivity contribution in [1.29, 1.82) is 0 Å². The molecule has 0 amide bonds. The molecule has 0 fully saturated rings. The van der Waals surface area contributed by atoms with Gasteiger partial charge in [-0.15, -0.1) is 0 Å². The maximum atomic E-state index is 13.9. The monoisotopic (exact) mass is 320 g/mol. The maximum Gasteiger partial charge on any atom is 0.339 e. The standard InChI is InChI=1S/C15H15FN2O3.C2H6/c1-8-4-5-12(11(16)6-8)17-14-10(15(20)21)7-13(9(2)19)18(14)3;1-2/h4-7,17H,1-3H3,(H,20,21);1-2H3. The summed E-state index contributed by atoms with van der Waals surface area (Å²) in [6.45, 7) is 7.10. The van der Waals surface area contributed by atoms with Crippen LogP contribution in [0.3, 0.4) is 0 Å². The van der Waals surface area contributed by atoms with Crippen molar-refractivity contribution < 1.29 is 19.1 Å². The minimum Gasteiger partial charge on any atom is -0.478 e. The lowest BCUT2D eigenvalue weighted by Crippen LogP contribution is -2.07. The van der Waals surface area contributed by atoms with E-state index in [9.17, 15) is 19.1 Å². The van der Waals surface area contributed by atoms with Gasteiger partial charge in [0.05, 0.1) is 11.4 Å². The molecule has 5 nitrogen and oxygen atoms in total. The van der Waals surface area contributed by atoms with Crippen molar-refractivity contribution in [3.8, 4) is 0 Å². The molecule has 0 bridgehead atoms. The molecule has 0 aliphatic carbocycles. The third kappa shape index (κ3) is 3.97. The molecule has 6 heteroatoms. The van der Waals surface area contributed by atoms with Crippen molar-refractivity contribution in [2.24, 2.45) is 7.05 Å². The van der Waals surface area contributed by atoms with Crippen molar-refractivity contribution >= 4 is 23.3 Å². The minimum atomic E-state index is -1.19.